The minimum atomic E-state index is -1.08. The number of hydrogen-bond donors (Lipinski definition) is 2. The van der Waals surface area contributed by atoms with Crippen molar-refractivity contribution >= 4 is 38.7 Å². The molecule has 0 bridgehead atoms. The van der Waals surface area contributed by atoms with E-state index in [0.717, 1.165) is 0 Å². The van der Waals surface area contributed by atoms with Crippen LogP contribution in [0.4, 0.5) is 4.39 Å². The van der Waals surface area contributed by atoms with Crippen molar-refractivity contribution in [2.24, 2.45) is 5.92 Å². The number of aliphatic carboxylic acids is 1. The molecule has 1 heterocycles. The molecule has 0 fully saturated rings. The van der Waals surface area contributed by atoms with Gasteiger partial charge in [0.1, 0.15) is 18.1 Å². The number of carbonyl (C=O) groups excluding carboxylic acids is 1. The van der Waals surface area contributed by atoms with Gasteiger partial charge >= 0.3 is 5.97 Å². The SMILES string of the molecule is CC(C)CN(CC(=O)O)C(=O)c1cc2c(F)cc(Br)cc2[nH]1. The maximum absolute atomic E-state index is 13.9. The second kappa shape index (κ2) is 6.48. The Labute approximate surface area is 135 Å². The minimum Gasteiger partial charge on any atom is -0.480 e. The number of amides is 1. The summed E-state index contributed by atoms with van der Waals surface area (Å²) in [5, 5.41) is 9.24. The van der Waals surface area contributed by atoms with Gasteiger partial charge in [0, 0.05) is 16.4 Å². The molecule has 0 spiro atoms. The summed E-state index contributed by atoms with van der Waals surface area (Å²) < 4.78 is 14.4. The first-order valence-corrected chi connectivity index (χ1v) is 7.56. The number of carboxylic acids is 1. The summed E-state index contributed by atoms with van der Waals surface area (Å²) in [7, 11) is 0. The fourth-order valence-corrected chi connectivity index (χ4v) is 2.70. The Kier molecular flexibility index (Phi) is 4.85. The van der Waals surface area contributed by atoms with E-state index in [9.17, 15) is 14.0 Å². The Balaban J connectivity index is 2.37. The van der Waals surface area contributed by atoms with Gasteiger partial charge in [-0.25, -0.2) is 4.39 Å². The molecular weight excluding hydrogens is 355 g/mol. The molecule has 0 radical (unpaired) electrons. The van der Waals surface area contributed by atoms with Crippen LogP contribution >= 0.6 is 15.9 Å². The molecule has 1 aromatic heterocycles. The van der Waals surface area contributed by atoms with E-state index in [1.165, 1.54) is 17.0 Å². The summed E-state index contributed by atoms with van der Waals surface area (Å²) in [4.78, 5) is 27.5. The summed E-state index contributed by atoms with van der Waals surface area (Å²) in [6, 6.07) is 4.39. The second-order valence-corrected chi connectivity index (χ2v) is 6.42. The first-order chi connectivity index (χ1) is 10.3. The van der Waals surface area contributed by atoms with E-state index in [1.54, 1.807) is 6.07 Å². The highest BCUT2D eigenvalue weighted by Gasteiger charge is 2.22. The molecule has 1 amide bonds. The van der Waals surface area contributed by atoms with E-state index in [1.807, 2.05) is 13.8 Å². The second-order valence-electron chi connectivity index (χ2n) is 5.51. The molecule has 0 atom stereocenters. The van der Waals surface area contributed by atoms with Crippen LogP contribution in [0, 0.1) is 11.7 Å². The van der Waals surface area contributed by atoms with Crippen molar-refractivity contribution in [1.29, 1.82) is 0 Å². The standard InChI is InChI=1S/C15H16BrFN2O3/c1-8(2)6-19(7-14(20)21)15(22)13-5-10-11(17)3-9(16)4-12(10)18-13/h3-5,8,18H,6-7H2,1-2H3,(H,20,21). The number of halogens is 2. The predicted octanol–water partition coefficient (Wildman–Crippen LogP) is 3.25. The van der Waals surface area contributed by atoms with Gasteiger partial charge in [-0.15, -0.1) is 0 Å². The van der Waals surface area contributed by atoms with Crippen LogP contribution < -0.4 is 0 Å². The van der Waals surface area contributed by atoms with Gasteiger partial charge in [0.2, 0.25) is 0 Å². The Bertz CT molecular complexity index is 727. The van der Waals surface area contributed by atoms with Crippen LogP contribution in [0.3, 0.4) is 0 Å². The number of H-pyrrole nitrogens is 1. The number of fused-ring (bicyclic) bond motifs is 1. The Hall–Kier alpha value is -1.89. The Morgan fingerprint density at radius 3 is 2.64 bits per heavy atom. The third-order valence-corrected chi connectivity index (χ3v) is 3.54. The van der Waals surface area contributed by atoms with Gasteiger partial charge in [0.05, 0.1) is 5.52 Å². The maximum Gasteiger partial charge on any atom is 0.323 e. The molecule has 0 aliphatic carbocycles. The lowest BCUT2D eigenvalue weighted by Crippen LogP contribution is -2.38. The molecule has 2 rings (SSSR count). The van der Waals surface area contributed by atoms with Crippen molar-refractivity contribution in [3.05, 3.63) is 34.2 Å². The van der Waals surface area contributed by atoms with Crippen molar-refractivity contribution in [1.82, 2.24) is 9.88 Å². The molecule has 1 aromatic carbocycles. The molecule has 2 aromatic rings. The monoisotopic (exact) mass is 370 g/mol. The summed E-state index contributed by atoms with van der Waals surface area (Å²) >= 11 is 3.19. The lowest BCUT2D eigenvalue weighted by molar-refractivity contribution is -0.137. The van der Waals surface area contributed by atoms with Gasteiger partial charge in [-0.1, -0.05) is 29.8 Å². The zero-order valence-corrected chi connectivity index (χ0v) is 13.8. The fourth-order valence-electron chi connectivity index (χ4n) is 2.27. The maximum atomic E-state index is 13.9. The van der Waals surface area contributed by atoms with Gasteiger partial charge in [0.15, 0.2) is 0 Å². The summed E-state index contributed by atoms with van der Waals surface area (Å²) in [5.41, 5.74) is 0.656. The summed E-state index contributed by atoms with van der Waals surface area (Å²) in [6.07, 6.45) is 0. The zero-order valence-electron chi connectivity index (χ0n) is 12.2. The number of carbonyl (C=O) groups is 2. The van der Waals surface area contributed by atoms with E-state index in [-0.39, 0.29) is 11.6 Å². The number of rotatable bonds is 5. The molecule has 22 heavy (non-hydrogen) atoms. The number of aromatic amines is 1. The number of nitrogens with zero attached hydrogens (tertiary/aromatic N) is 1. The highest BCUT2D eigenvalue weighted by molar-refractivity contribution is 9.10. The topological polar surface area (TPSA) is 73.4 Å². The van der Waals surface area contributed by atoms with Gasteiger partial charge < -0.3 is 15.0 Å². The molecule has 0 saturated carbocycles. The van der Waals surface area contributed by atoms with Gasteiger partial charge in [0.25, 0.3) is 5.91 Å². The molecule has 0 aliphatic rings. The van der Waals surface area contributed by atoms with Gasteiger partial charge in [-0.05, 0) is 24.1 Å². The average molecular weight is 371 g/mol. The molecule has 7 heteroatoms. The van der Waals surface area contributed by atoms with Crippen LogP contribution in [0.1, 0.15) is 24.3 Å². The fraction of sp³-hybridized carbons (Fsp3) is 0.333. The van der Waals surface area contributed by atoms with Crippen molar-refractivity contribution in [2.45, 2.75) is 13.8 Å². The van der Waals surface area contributed by atoms with Gasteiger partial charge in [-0.3, -0.25) is 9.59 Å². The molecule has 0 saturated heterocycles. The van der Waals surface area contributed by atoms with Crippen molar-refractivity contribution < 1.29 is 19.1 Å². The van der Waals surface area contributed by atoms with Crippen LogP contribution in [-0.2, 0) is 4.79 Å². The molecule has 5 nitrogen and oxygen atoms in total. The van der Waals surface area contributed by atoms with E-state index >= 15 is 0 Å². The quantitative estimate of drug-likeness (QED) is 0.848. The number of nitrogens with one attached hydrogen (secondary N) is 1. The highest BCUT2D eigenvalue weighted by atomic mass is 79.9. The van der Waals surface area contributed by atoms with Gasteiger partial charge in [-0.2, -0.15) is 0 Å². The highest BCUT2D eigenvalue weighted by Crippen LogP contribution is 2.24. The molecule has 118 valence electrons. The lowest BCUT2D eigenvalue weighted by atomic mass is 10.2. The molecular formula is C15H16BrFN2O3. The number of carboxylic acid groups (broad SMARTS) is 1. The number of aromatic nitrogens is 1. The molecule has 2 N–H and O–H groups in total. The van der Waals surface area contributed by atoms with Crippen molar-refractivity contribution in [3.63, 3.8) is 0 Å². The van der Waals surface area contributed by atoms with Crippen LogP contribution in [0.15, 0.2) is 22.7 Å². The van der Waals surface area contributed by atoms with Crippen LogP contribution in [0.2, 0.25) is 0 Å². The first kappa shape index (κ1) is 16.5. The van der Waals surface area contributed by atoms with Crippen LogP contribution in [-0.4, -0.2) is 40.0 Å². The smallest absolute Gasteiger partial charge is 0.323 e. The average Bonchev–Trinajstić information content (AvgIpc) is 2.80. The van der Waals surface area contributed by atoms with Crippen molar-refractivity contribution in [3.8, 4) is 0 Å². The number of hydrogen-bond acceptors (Lipinski definition) is 2. The molecule has 0 unspecified atom stereocenters. The number of benzene rings is 1. The first-order valence-electron chi connectivity index (χ1n) is 6.76. The zero-order chi connectivity index (χ0) is 16.4. The summed E-state index contributed by atoms with van der Waals surface area (Å²) in [5.74, 6) is -1.87. The minimum absolute atomic E-state index is 0.124. The van der Waals surface area contributed by atoms with E-state index < -0.39 is 24.2 Å². The van der Waals surface area contributed by atoms with Crippen molar-refractivity contribution in [2.75, 3.05) is 13.1 Å². The van der Waals surface area contributed by atoms with E-state index in [4.69, 9.17) is 5.11 Å². The van der Waals surface area contributed by atoms with E-state index in [2.05, 4.69) is 20.9 Å². The Morgan fingerprint density at radius 1 is 1.36 bits per heavy atom. The Morgan fingerprint density at radius 2 is 2.05 bits per heavy atom. The third kappa shape index (κ3) is 3.65. The third-order valence-electron chi connectivity index (χ3n) is 3.08. The summed E-state index contributed by atoms with van der Waals surface area (Å²) in [6.45, 7) is 3.71. The predicted molar refractivity (Wildman–Crippen MR) is 84.3 cm³/mol. The lowest BCUT2D eigenvalue weighted by Gasteiger charge is -2.22. The largest absolute Gasteiger partial charge is 0.480 e. The van der Waals surface area contributed by atoms with Crippen LogP contribution in [0.25, 0.3) is 10.9 Å². The molecule has 0 aliphatic heterocycles. The normalized spacial score (nSPS) is 11.1. The van der Waals surface area contributed by atoms with E-state index in [0.29, 0.717) is 21.9 Å². The van der Waals surface area contributed by atoms with Crippen LogP contribution in [0.5, 0.6) is 0 Å².